The van der Waals surface area contributed by atoms with Gasteiger partial charge in [0.05, 0.1) is 25.0 Å². The number of halogens is 1. The largest absolute Gasteiger partial charge is 0.510 e. The summed E-state index contributed by atoms with van der Waals surface area (Å²) in [5, 5.41) is -0.135. The zero-order valence-corrected chi connectivity index (χ0v) is 20.2. The van der Waals surface area contributed by atoms with Crippen LogP contribution in [-0.4, -0.2) is 54.1 Å². The maximum atomic E-state index is 13.0. The molecular weight excluding hydrogens is 467 g/mol. The Bertz CT molecular complexity index is 911. The number of carbonyl (C=O) groups is 1. The lowest BCUT2D eigenvalue weighted by atomic mass is 10.4. The van der Waals surface area contributed by atoms with Gasteiger partial charge in [-0.2, -0.15) is 0 Å². The Hall–Kier alpha value is -1.91. The number of allylic oxidation sites excluding steroid dienone is 2. The van der Waals surface area contributed by atoms with Crippen LogP contribution in [0, 0.1) is 0 Å². The van der Waals surface area contributed by atoms with Gasteiger partial charge in [0.25, 0.3) is 5.56 Å². The maximum absolute atomic E-state index is 13.0. The number of carbonyl (C=O) groups excluding carboxylic acids is 1. The number of nitrogens with one attached hydrogen (secondary N) is 1. The third kappa shape index (κ3) is 11.6. The second-order valence-electron chi connectivity index (χ2n) is 7.07. The van der Waals surface area contributed by atoms with E-state index in [1.165, 1.54) is 22.9 Å². The summed E-state index contributed by atoms with van der Waals surface area (Å²) in [5.74, 6) is 0. The van der Waals surface area contributed by atoms with E-state index >= 15 is 0 Å². The first kappa shape index (κ1) is 28.1. The molecule has 0 bridgehead atoms. The average molecular weight is 497 g/mol. The molecule has 13 heteroatoms. The van der Waals surface area contributed by atoms with Crippen LogP contribution in [0.5, 0.6) is 0 Å². The highest BCUT2D eigenvalue weighted by Crippen LogP contribution is 2.48. The fraction of sp³-hybridized carbons (Fsp3) is 0.632. The van der Waals surface area contributed by atoms with Gasteiger partial charge >= 0.3 is 19.4 Å². The minimum atomic E-state index is -3.67. The van der Waals surface area contributed by atoms with Crippen molar-refractivity contribution in [1.29, 1.82) is 0 Å². The predicted molar refractivity (Wildman–Crippen MR) is 118 cm³/mol. The van der Waals surface area contributed by atoms with Crippen LogP contribution in [0.4, 0.5) is 4.79 Å². The van der Waals surface area contributed by atoms with Gasteiger partial charge in [-0.3, -0.25) is 23.4 Å². The molecule has 1 rings (SSSR count). The highest BCUT2D eigenvalue weighted by Gasteiger charge is 2.24. The van der Waals surface area contributed by atoms with E-state index in [9.17, 15) is 18.9 Å². The van der Waals surface area contributed by atoms with Crippen molar-refractivity contribution in [1.82, 2.24) is 9.55 Å². The first-order valence-electron chi connectivity index (χ1n) is 10.00. The van der Waals surface area contributed by atoms with Gasteiger partial charge < -0.3 is 18.7 Å². The van der Waals surface area contributed by atoms with E-state index in [-0.39, 0.29) is 36.5 Å². The van der Waals surface area contributed by atoms with Crippen LogP contribution in [0.2, 0.25) is 5.02 Å². The van der Waals surface area contributed by atoms with Crippen molar-refractivity contribution in [2.24, 2.45) is 0 Å². The fourth-order valence-corrected chi connectivity index (χ4v) is 3.59. The van der Waals surface area contributed by atoms with Gasteiger partial charge in [0, 0.05) is 19.3 Å². The molecule has 0 amide bonds. The second kappa shape index (κ2) is 14.3. The Morgan fingerprint density at radius 3 is 2.53 bits per heavy atom. The third-order valence-electron chi connectivity index (χ3n) is 3.55. The summed E-state index contributed by atoms with van der Waals surface area (Å²) in [6.45, 7) is 7.07. The van der Waals surface area contributed by atoms with Gasteiger partial charge in [-0.15, -0.1) is 0 Å². The van der Waals surface area contributed by atoms with Crippen molar-refractivity contribution < 1.29 is 32.6 Å². The minimum Gasteiger partial charge on any atom is -0.432 e. The molecule has 1 N–H and O–H groups in total. The van der Waals surface area contributed by atoms with Crippen LogP contribution >= 0.6 is 19.2 Å². The molecule has 182 valence electrons. The molecule has 1 heterocycles. The zero-order valence-electron chi connectivity index (χ0n) is 18.6. The van der Waals surface area contributed by atoms with E-state index in [1.807, 2.05) is 13.8 Å². The van der Waals surface area contributed by atoms with E-state index < -0.39 is 31.8 Å². The van der Waals surface area contributed by atoms with Crippen molar-refractivity contribution in [3.8, 4) is 0 Å². The number of aromatic nitrogens is 2. The molecular formula is C19H30ClN2O9P. The lowest BCUT2D eigenvalue weighted by Crippen LogP contribution is -2.29. The van der Waals surface area contributed by atoms with Crippen LogP contribution in [0.25, 0.3) is 0 Å². The number of aromatic amines is 1. The van der Waals surface area contributed by atoms with E-state index in [1.54, 1.807) is 13.8 Å². The summed E-state index contributed by atoms with van der Waals surface area (Å²) in [6.07, 6.45) is 3.28. The Morgan fingerprint density at radius 1 is 1.16 bits per heavy atom. The molecule has 0 fully saturated rings. The Morgan fingerprint density at radius 2 is 1.88 bits per heavy atom. The lowest BCUT2D eigenvalue weighted by Gasteiger charge is -2.17. The number of hydrogen-bond acceptors (Lipinski definition) is 9. The van der Waals surface area contributed by atoms with Crippen molar-refractivity contribution in [3.05, 3.63) is 44.2 Å². The van der Waals surface area contributed by atoms with Gasteiger partial charge in [-0.1, -0.05) is 23.8 Å². The average Bonchev–Trinajstić information content (AvgIpc) is 2.68. The van der Waals surface area contributed by atoms with Crippen molar-refractivity contribution >= 4 is 25.4 Å². The summed E-state index contributed by atoms with van der Waals surface area (Å²) in [5.41, 5.74) is -1.32. The van der Waals surface area contributed by atoms with Gasteiger partial charge in [0.15, 0.2) is 0 Å². The quantitative estimate of drug-likeness (QED) is 0.135. The molecule has 32 heavy (non-hydrogen) atoms. The number of ether oxygens (including phenoxy) is 3. The summed E-state index contributed by atoms with van der Waals surface area (Å²) in [7, 11) is -3.67. The second-order valence-corrected chi connectivity index (χ2v) is 9.58. The topological polar surface area (TPSA) is 135 Å². The van der Waals surface area contributed by atoms with Crippen LogP contribution in [0.1, 0.15) is 34.1 Å². The predicted octanol–water partition coefficient (Wildman–Crippen LogP) is 3.31. The Balaban J connectivity index is 2.67. The molecule has 0 aliphatic carbocycles. The van der Waals surface area contributed by atoms with Crippen LogP contribution in [-0.2, 0) is 34.4 Å². The number of nitrogens with zero attached hydrogens (tertiary/aromatic N) is 1. The molecule has 0 aliphatic rings. The Kier molecular flexibility index (Phi) is 12.6. The summed E-state index contributed by atoms with van der Waals surface area (Å²) >= 11 is 5.71. The monoisotopic (exact) mass is 496 g/mol. The molecule has 0 aromatic carbocycles. The van der Waals surface area contributed by atoms with Gasteiger partial charge in [-0.05, 0) is 34.1 Å². The molecule has 0 radical (unpaired) electrons. The van der Waals surface area contributed by atoms with E-state index in [0.29, 0.717) is 13.0 Å². The fourth-order valence-electron chi connectivity index (χ4n) is 2.12. The normalized spacial score (nSPS) is 13.6. The third-order valence-corrected chi connectivity index (χ3v) is 5.55. The van der Waals surface area contributed by atoms with Crippen LogP contribution in [0.3, 0.4) is 0 Å². The number of rotatable bonds is 14. The van der Waals surface area contributed by atoms with Gasteiger partial charge in [0.2, 0.25) is 6.79 Å². The SMILES string of the molecule is CC(C)OCCCOP(=O)(C/C=C/Cn1cc(Cl)c(=O)[nH]c1=O)OCOC(=O)OC(C)C. The summed E-state index contributed by atoms with van der Waals surface area (Å²) in [6, 6.07) is 0. The van der Waals surface area contributed by atoms with E-state index in [4.69, 9.17) is 34.9 Å². The maximum Gasteiger partial charge on any atom is 0.510 e. The molecule has 0 saturated heterocycles. The number of hydrogen-bond donors (Lipinski definition) is 1. The van der Waals surface area contributed by atoms with Crippen LogP contribution < -0.4 is 11.2 Å². The van der Waals surface area contributed by atoms with E-state index in [2.05, 4.69) is 4.98 Å². The summed E-state index contributed by atoms with van der Waals surface area (Å²) < 4.78 is 39.7. The smallest absolute Gasteiger partial charge is 0.432 e. The summed E-state index contributed by atoms with van der Waals surface area (Å²) in [4.78, 5) is 36.6. The molecule has 0 aliphatic heterocycles. The number of H-pyrrole nitrogens is 1. The first-order chi connectivity index (χ1) is 15.0. The molecule has 0 spiro atoms. The Labute approximate surface area is 191 Å². The standard InChI is InChI=1S/C19H30ClN2O9P/c1-14(2)27-9-7-10-29-32(26,30-13-28-19(25)31-15(3)4)11-6-5-8-22-12-16(20)17(23)21-18(22)24/h5-6,12,14-15H,7-11,13H2,1-4H3,(H,21,23,24)/b6-5+. The van der Waals surface area contributed by atoms with Crippen molar-refractivity contribution in [2.75, 3.05) is 26.2 Å². The molecule has 1 aromatic heterocycles. The van der Waals surface area contributed by atoms with Gasteiger partial charge in [-0.25, -0.2) is 9.59 Å². The molecule has 0 saturated carbocycles. The lowest BCUT2D eigenvalue weighted by molar-refractivity contribution is -0.0131. The van der Waals surface area contributed by atoms with Gasteiger partial charge in [0.1, 0.15) is 5.02 Å². The van der Waals surface area contributed by atoms with Crippen molar-refractivity contribution in [3.63, 3.8) is 0 Å². The van der Waals surface area contributed by atoms with Crippen molar-refractivity contribution in [2.45, 2.75) is 52.9 Å². The highest BCUT2D eigenvalue weighted by atomic mass is 35.5. The first-order valence-corrected chi connectivity index (χ1v) is 12.1. The molecule has 1 aromatic rings. The molecule has 11 nitrogen and oxygen atoms in total. The minimum absolute atomic E-state index is 0.0613. The van der Waals surface area contributed by atoms with E-state index in [0.717, 1.165) is 0 Å². The van der Waals surface area contributed by atoms with Crippen LogP contribution in [0.15, 0.2) is 27.9 Å². The highest BCUT2D eigenvalue weighted by molar-refractivity contribution is 7.54. The molecule has 1 unspecified atom stereocenters. The zero-order chi connectivity index (χ0) is 24.1. The molecule has 1 atom stereocenters.